The summed E-state index contributed by atoms with van der Waals surface area (Å²) in [5.41, 5.74) is 3.11. The third-order valence-electron chi connectivity index (χ3n) is 7.14. The molecule has 0 aromatic heterocycles. The second-order valence-electron chi connectivity index (χ2n) is 9.96. The van der Waals surface area contributed by atoms with Crippen LogP contribution in [0.4, 0.5) is 4.39 Å². The number of hydrogen-bond donors (Lipinski definition) is 1. The van der Waals surface area contributed by atoms with Crippen molar-refractivity contribution in [1.29, 1.82) is 0 Å². The summed E-state index contributed by atoms with van der Waals surface area (Å²) in [5, 5.41) is 3.09. The number of amides is 1. The highest BCUT2D eigenvalue weighted by atomic mass is 32.2. The molecule has 1 heterocycles. The van der Waals surface area contributed by atoms with Crippen LogP contribution in [0, 0.1) is 11.7 Å². The molecule has 1 amide bonds. The Hall–Kier alpha value is -2.71. The van der Waals surface area contributed by atoms with Gasteiger partial charge in [-0.3, -0.25) is 4.79 Å². The molecule has 0 unspecified atom stereocenters. The zero-order valence-corrected chi connectivity index (χ0v) is 21.6. The molecule has 2 aromatic rings. The molecule has 1 aliphatic carbocycles. The summed E-state index contributed by atoms with van der Waals surface area (Å²) in [5.74, 6) is 0.616. The van der Waals surface area contributed by atoms with E-state index in [0.29, 0.717) is 17.2 Å². The normalized spacial score (nSPS) is 21.1. The van der Waals surface area contributed by atoms with Crippen molar-refractivity contribution >= 4 is 22.1 Å². The van der Waals surface area contributed by atoms with Gasteiger partial charge in [-0.1, -0.05) is 18.2 Å². The van der Waals surface area contributed by atoms with Crippen molar-refractivity contribution in [2.24, 2.45) is 5.92 Å². The Labute approximate surface area is 213 Å². The second-order valence-corrected chi connectivity index (χ2v) is 11.5. The van der Waals surface area contributed by atoms with Gasteiger partial charge in [-0.15, -0.1) is 0 Å². The van der Waals surface area contributed by atoms with Gasteiger partial charge in [0, 0.05) is 25.2 Å². The Morgan fingerprint density at radius 3 is 2.56 bits per heavy atom. The molecule has 194 valence electrons. The first-order chi connectivity index (χ1) is 17.2. The van der Waals surface area contributed by atoms with Crippen LogP contribution in [0.15, 0.2) is 48.5 Å². The summed E-state index contributed by atoms with van der Waals surface area (Å²) >= 11 is 0. The molecule has 0 radical (unpaired) electrons. The fraction of sp³-hybridized carbons (Fsp3) is 0.464. The number of carbonyl (C=O) groups excluding carboxylic acids is 1. The van der Waals surface area contributed by atoms with Crippen molar-refractivity contribution in [3.8, 4) is 5.75 Å². The van der Waals surface area contributed by atoms with Crippen LogP contribution in [0.25, 0.3) is 6.08 Å². The molecule has 2 aliphatic rings. The summed E-state index contributed by atoms with van der Waals surface area (Å²) in [7, 11) is -3.52. The molecule has 6 nitrogen and oxygen atoms in total. The Kier molecular flexibility index (Phi) is 8.80. The van der Waals surface area contributed by atoms with Crippen LogP contribution in [0.3, 0.4) is 0 Å². The smallest absolute Gasteiger partial charge is 0.306 e. The zero-order chi connectivity index (χ0) is 25.5. The first kappa shape index (κ1) is 26.4. The van der Waals surface area contributed by atoms with Gasteiger partial charge >= 0.3 is 10.1 Å². The number of nitrogens with one attached hydrogen (secondary N) is 1. The van der Waals surface area contributed by atoms with Gasteiger partial charge in [-0.05, 0) is 104 Å². The molecule has 0 bridgehead atoms. The molecule has 0 spiro atoms. The van der Waals surface area contributed by atoms with Gasteiger partial charge in [0.2, 0.25) is 5.91 Å². The lowest BCUT2D eigenvalue weighted by Crippen LogP contribution is -2.37. The summed E-state index contributed by atoms with van der Waals surface area (Å²) in [6.45, 7) is 3.01. The number of halogens is 1. The lowest BCUT2D eigenvalue weighted by atomic mass is 9.84. The van der Waals surface area contributed by atoms with E-state index >= 15 is 0 Å². The number of rotatable bonds is 8. The summed E-state index contributed by atoms with van der Waals surface area (Å²) in [6, 6.07) is 12.0. The van der Waals surface area contributed by atoms with Crippen LogP contribution < -0.4 is 9.50 Å². The number of carbonyl (C=O) groups is 1. The van der Waals surface area contributed by atoms with Crippen LogP contribution >= 0.6 is 0 Å². The van der Waals surface area contributed by atoms with Crippen molar-refractivity contribution in [2.45, 2.75) is 51.0 Å². The molecule has 1 N–H and O–H groups in total. The average molecular weight is 515 g/mol. The molecule has 0 atom stereocenters. The van der Waals surface area contributed by atoms with Crippen LogP contribution in [-0.2, 0) is 27.8 Å². The molecule has 1 saturated carbocycles. The van der Waals surface area contributed by atoms with Gasteiger partial charge in [-0.25, -0.2) is 4.39 Å². The molecule has 0 saturated heterocycles. The van der Waals surface area contributed by atoms with Crippen molar-refractivity contribution in [2.75, 3.05) is 25.9 Å². The Morgan fingerprint density at radius 1 is 1.08 bits per heavy atom. The lowest BCUT2D eigenvalue weighted by Gasteiger charge is -2.30. The van der Waals surface area contributed by atoms with E-state index in [1.165, 1.54) is 29.3 Å². The predicted octanol–water partition coefficient (Wildman–Crippen LogP) is 4.34. The van der Waals surface area contributed by atoms with E-state index in [4.69, 9.17) is 4.18 Å². The Morgan fingerprint density at radius 2 is 1.83 bits per heavy atom. The maximum absolute atomic E-state index is 13.3. The third-order valence-corrected chi connectivity index (χ3v) is 7.64. The van der Waals surface area contributed by atoms with E-state index in [1.807, 2.05) is 12.1 Å². The molecule has 1 aliphatic heterocycles. The highest BCUT2D eigenvalue weighted by Crippen LogP contribution is 2.28. The van der Waals surface area contributed by atoms with Gasteiger partial charge in [-0.2, -0.15) is 8.42 Å². The maximum Gasteiger partial charge on any atom is 0.306 e. The molecular weight excluding hydrogens is 479 g/mol. The van der Waals surface area contributed by atoms with Gasteiger partial charge < -0.3 is 14.4 Å². The number of hydrogen-bond acceptors (Lipinski definition) is 5. The summed E-state index contributed by atoms with van der Waals surface area (Å²) in [6.07, 6.45) is 11.4. The number of benzene rings is 2. The first-order valence-electron chi connectivity index (χ1n) is 12.7. The van der Waals surface area contributed by atoms with Gasteiger partial charge in [0.05, 0.1) is 6.26 Å². The molecule has 1 fully saturated rings. The van der Waals surface area contributed by atoms with E-state index in [0.717, 1.165) is 70.8 Å². The van der Waals surface area contributed by atoms with Gasteiger partial charge in [0.25, 0.3) is 0 Å². The standard InChI is InChI=1S/C28H35FN2O4S/c1-36(33,34)35-27-11-8-23-14-17-31(18-15-24(23)20-27)16-13-21-5-9-26(10-6-21)30-28(32)12-7-22-3-2-4-25(29)19-22/h2-4,7-8,11-12,19-21,26H,5-6,9-10,13-18H2,1H3,(H,30,32). The largest absolute Gasteiger partial charge is 0.383 e. The zero-order valence-electron chi connectivity index (χ0n) is 20.8. The summed E-state index contributed by atoms with van der Waals surface area (Å²) < 4.78 is 41.2. The highest BCUT2D eigenvalue weighted by Gasteiger charge is 2.23. The van der Waals surface area contributed by atoms with Crippen molar-refractivity contribution in [3.05, 3.63) is 71.0 Å². The Bertz CT molecular complexity index is 1190. The molecular formula is C28H35FN2O4S. The highest BCUT2D eigenvalue weighted by molar-refractivity contribution is 7.86. The van der Waals surface area contributed by atoms with Gasteiger partial charge in [0.15, 0.2) is 0 Å². The minimum Gasteiger partial charge on any atom is -0.383 e. The minimum atomic E-state index is -3.52. The number of fused-ring (bicyclic) bond motifs is 1. The van der Waals surface area contributed by atoms with Crippen LogP contribution in [0.1, 0.15) is 48.8 Å². The summed E-state index contributed by atoms with van der Waals surface area (Å²) in [4.78, 5) is 14.8. The van der Waals surface area contributed by atoms with E-state index < -0.39 is 10.1 Å². The number of nitrogens with zero attached hydrogens (tertiary/aromatic N) is 1. The van der Waals surface area contributed by atoms with E-state index in [2.05, 4.69) is 10.2 Å². The lowest BCUT2D eigenvalue weighted by molar-refractivity contribution is -0.117. The topological polar surface area (TPSA) is 75.7 Å². The van der Waals surface area contributed by atoms with Crippen LogP contribution in [-0.4, -0.2) is 51.2 Å². The third kappa shape index (κ3) is 8.17. The van der Waals surface area contributed by atoms with Crippen molar-refractivity contribution in [1.82, 2.24) is 10.2 Å². The minimum absolute atomic E-state index is 0.128. The fourth-order valence-corrected chi connectivity index (χ4v) is 5.64. The van der Waals surface area contributed by atoms with Crippen LogP contribution in [0.2, 0.25) is 0 Å². The molecule has 2 aromatic carbocycles. The monoisotopic (exact) mass is 514 g/mol. The Balaban J connectivity index is 1.17. The second kappa shape index (κ2) is 12.0. The SMILES string of the molecule is CS(=O)(=O)Oc1ccc2c(c1)CCN(CCC1CCC(NC(=O)C=Cc3cccc(F)c3)CC1)CC2. The first-order valence-corrected chi connectivity index (χ1v) is 14.5. The fourth-order valence-electron chi connectivity index (χ4n) is 5.19. The van der Waals surface area contributed by atoms with Crippen molar-refractivity contribution in [3.63, 3.8) is 0 Å². The van der Waals surface area contributed by atoms with E-state index in [9.17, 15) is 17.6 Å². The average Bonchev–Trinajstić information content (AvgIpc) is 3.03. The van der Waals surface area contributed by atoms with Crippen molar-refractivity contribution < 1.29 is 21.8 Å². The van der Waals surface area contributed by atoms with E-state index in [-0.39, 0.29) is 17.8 Å². The maximum atomic E-state index is 13.3. The molecule has 8 heteroatoms. The molecule has 36 heavy (non-hydrogen) atoms. The predicted molar refractivity (Wildman–Crippen MR) is 140 cm³/mol. The molecule has 4 rings (SSSR count). The quantitative estimate of drug-likeness (QED) is 0.419. The van der Waals surface area contributed by atoms with Gasteiger partial charge in [0.1, 0.15) is 11.6 Å². The van der Waals surface area contributed by atoms with E-state index in [1.54, 1.807) is 24.3 Å². The van der Waals surface area contributed by atoms with Crippen LogP contribution in [0.5, 0.6) is 5.75 Å².